The van der Waals surface area contributed by atoms with Gasteiger partial charge in [0.05, 0.1) is 0 Å². The first-order chi connectivity index (χ1) is 7.31. The molecule has 0 aliphatic heterocycles. The summed E-state index contributed by atoms with van der Waals surface area (Å²) in [6.45, 7) is 11.7. The van der Waals surface area contributed by atoms with Crippen LogP contribution in [0.3, 0.4) is 0 Å². The molecule has 0 atom stereocenters. The van der Waals surface area contributed by atoms with E-state index in [2.05, 4.69) is 65.0 Å². The van der Waals surface area contributed by atoms with Crippen molar-refractivity contribution in [3.05, 3.63) is 35.9 Å². The largest absolute Gasteiger partial charge is 0.0622 e. The van der Waals surface area contributed by atoms with Crippen LogP contribution in [0, 0.1) is 5.41 Å². The Balaban J connectivity index is 2.53. The second-order valence-electron chi connectivity index (χ2n) is 6.66. The van der Waals surface area contributed by atoms with Gasteiger partial charge in [-0.25, -0.2) is 0 Å². The zero-order valence-electron chi connectivity index (χ0n) is 11.5. The summed E-state index contributed by atoms with van der Waals surface area (Å²) in [5.74, 6) is 0. The van der Waals surface area contributed by atoms with Gasteiger partial charge in [-0.05, 0) is 29.2 Å². The monoisotopic (exact) mass is 218 g/mol. The van der Waals surface area contributed by atoms with E-state index in [1.165, 1.54) is 24.8 Å². The molecule has 0 aliphatic carbocycles. The summed E-state index contributed by atoms with van der Waals surface area (Å²) in [6.07, 6.45) is 3.89. The van der Waals surface area contributed by atoms with Gasteiger partial charge in [0.2, 0.25) is 0 Å². The Kier molecular flexibility index (Phi) is 4.18. The van der Waals surface area contributed by atoms with Crippen LogP contribution in [0.15, 0.2) is 30.3 Å². The number of benzene rings is 1. The molecule has 0 radical (unpaired) electrons. The molecular weight excluding hydrogens is 192 g/mol. The van der Waals surface area contributed by atoms with Crippen LogP contribution in [0.1, 0.15) is 59.4 Å². The Labute approximate surface area is 101 Å². The van der Waals surface area contributed by atoms with Crippen LogP contribution < -0.4 is 0 Å². The summed E-state index contributed by atoms with van der Waals surface area (Å²) in [5.41, 5.74) is 2.24. The highest BCUT2D eigenvalue weighted by atomic mass is 14.3. The summed E-state index contributed by atoms with van der Waals surface area (Å²) < 4.78 is 0. The maximum Gasteiger partial charge on any atom is -0.0104 e. The molecule has 1 aromatic rings. The Morgan fingerprint density at radius 2 is 1.38 bits per heavy atom. The van der Waals surface area contributed by atoms with Gasteiger partial charge in [0.25, 0.3) is 0 Å². The minimum Gasteiger partial charge on any atom is -0.0622 e. The van der Waals surface area contributed by atoms with E-state index in [1.807, 2.05) is 0 Å². The SMILES string of the molecule is CC(C)(C)CCCC(C)(C)c1ccccc1. The van der Waals surface area contributed by atoms with E-state index < -0.39 is 0 Å². The number of hydrogen-bond donors (Lipinski definition) is 0. The lowest BCUT2D eigenvalue weighted by molar-refractivity contribution is 0.333. The van der Waals surface area contributed by atoms with E-state index in [4.69, 9.17) is 0 Å². The summed E-state index contributed by atoms with van der Waals surface area (Å²) in [5, 5.41) is 0. The number of rotatable bonds is 4. The normalized spacial score (nSPS) is 12.8. The second kappa shape index (κ2) is 5.03. The van der Waals surface area contributed by atoms with Gasteiger partial charge in [-0.1, -0.05) is 71.4 Å². The van der Waals surface area contributed by atoms with Crippen molar-refractivity contribution in [1.82, 2.24) is 0 Å². The quantitative estimate of drug-likeness (QED) is 0.653. The third kappa shape index (κ3) is 4.38. The van der Waals surface area contributed by atoms with Gasteiger partial charge >= 0.3 is 0 Å². The fourth-order valence-electron chi connectivity index (χ4n) is 2.09. The molecule has 0 saturated carbocycles. The first-order valence-electron chi connectivity index (χ1n) is 6.37. The highest BCUT2D eigenvalue weighted by Gasteiger charge is 2.21. The van der Waals surface area contributed by atoms with E-state index in [0.717, 1.165) is 0 Å². The Morgan fingerprint density at radius 1 is 0.812 bits per heavy atom. The van der Waals surface area contributed by atoms with Crippen LogP contribution in [0.5, 0.6) is 0 Å². The molecule has 0 nitrogen and oxygen atoms in total. The van der Waals surface area contributed by atoms with Gasteiger partial charge < -0.3 is 0 Å². The van der Waals surface area contributed by atoms with Crippen molar-refractivity contribution in [1.29, 1.82) is 0 Å². The molecule has 16 heavy (non-hydrogen) atoms. The fraction of sp³-hybridized carbons (Fsp3) is 0.625. The highest BCUT2D eigenvalue weighted by molar-refractivity contribution is 5.23. The van der Waals surface area contributed by atoms with Crippen LogP contribution in [-0.2, 0) is 5.41 Å². The molecule has 0 heteroatoms. The van der Waals surface area contributed by atoms with E-state index in [1.54, 1.807) is 0 Å². The molecular formula is C16H26. The van der Waals surface area contributed by atoms with E-state index in [0.29, 0.717) is 10.8 Å². The van der Waals surface area contributed by atoms with Crippen molar-refractivity contribution in [2.24, 2.45) is 5.41 Å². The van der Waals surface area contributed by atoms with Crippen LogP contribution in [-0.4, -0.2) is 0 Å². The molecule has 1 aromatic carbocycles. The average molecular weight is 218 g/mol. The standard InChI is InChI=1S/C16H26/c1-15(2,3)12-9-13-16(4,5)14-10-7-6-8-11-14/h6-8,10-11H,9,12-13H2,1-5H3. The van der Waals surface area contributed by atoms with E-state index in [9.17, 15) is 0 Å². The predicted molar refractivity (Wildman–Crippen MR) is 72.8 cm³/mol. The Hall–Kier alpha value is -0.780. The molecule has 0 aromatic heterocycles. The summed E-state index contributed by atoms with van der Waals surface area (Å²) >= 11 is 0. The molecule has 0 saturated heterocycles. The molecule has 0 heterocycles. The van der Waals surface area contributed by atoms with Crippen molar-refractivity contribution in [2.75, 3.05) is 0 Å². The summed E-state index contributed by atoms with van der Waals surface area (Å²) in [6, 6.07) is 10.9. The fourth-order valence-corrected chi connectivity index (χ4v) is 2.09. The van der Waals surface area contributed by atoms with Crippen LogP contribution in [0.4, 0.5) is 0 Å². The Morgan fingerprint density at radius 3 is 1.88 bits per heavy atom. The van der Waals surface area contributed by atoms with E-state index >= 15 is 0 Å². The van der Waals surface area contributed by atoms with Crippen molar-refractivity contribution in [3.63, 3.8) is 0 Å². The summed E-state index contributed by atoms with van der Waals surface area (Å²) in [7, 11) is 0. The molecule has 1 rings (SSSR count). The maximum absolute atomic E-state index is 2.35. The first kappa shape index (κ1) is 13.3. The van der Waals surface area contributed by atoms with Gasteiger partial charge in [0, 0.05) is 0 Å². The minimum atomic E-state index is 0.312. The highest BCUT2D eigenvalue weighted by Crippen LogP contribution is 2.31. The molecule has 0 N–H and O–H groups in total. The predicted octanol–water partition coefficient (Wildman–Crippen LogP) is 5.18. The van der Waals surface area contributed by atoms with Gasteiger partial charge in [-0.2, -0.15) is 0 Å². The third-order valence-corrected chi connectivity index (χ3v) is 3.28. The van der Waals surface area contributed by atoms with E-state index in [-0.39, 0.29) is 0 Å². The topological polar surface area (TPSA) is 0 Å². The molecule has 0 spiro atoms. The van der Waals surface area contributed by atoms with Crippen molar-refractivity contribution >= 4 is 0 Å². The zero-order chi connectivity index (χ0) is 12.2. The molecule has 90 valence electrons. The van der Waals surface area contributed by atoms with Gasteiger partial charge in [0.1, 0.15) is 0 Å². The van der Waals surface area contributed by atoms with Crippen LogP contribution in [0.2, 0.25) is 0 Å². The maximum atomic E-state index is 2.35. The lowest BCUT2D eigenvalue weighted by Crippen LogP contribution is -2.18. The van der Waals surface area contributed by atoms with Gasteiger partial charge in [-0.3, -0.25) is 0 Å². The second-order valence-corrected chi connectivity index (χ2v) is 6.66. The number of hydrogen-bond acceptors (Lipinski definition) is 0. The lowest BCUT2D eigenvalue weighted by Gasteiger charge is -2.27. The molecule has 0 aliphatic rings. The average Bonchev–Trinajstić information content (AvgIpc) is 2.17. The van der Waals surface area contributed by atoms with Gasteiger partial charge in [0.15, 0.2) is 0 Å². The zero-order valence-corrected chi connectivity index (χ0v) is 11.5. The molecule has 0 amide bonds. The van der Waals surface area contributed by atoms with Crippen molar-refractivity contribution in [3.8, 4) is 0 Å². The Bertz CT molecular complexity index is 301. The third-order valence-electron chi connectivity index (χ3n) is 3.28. The molecule has 0 bridgehead atoms. The lowest BCUT2D eigenvalue weighted by atomic mass is 9.78. The molecule has 0 unspecified atom stereocenters. The van der Waals surface area contributed by atoms with Crippen molar-refractivity contribution in [2.45, 2.75) is 59.3 Å². The van der Waals surface area contributed by atoms with Gasteiger partial charge in [-0.15, -0.1) is 0 Å². The smallest absolute Gasteiger partial charge is 0.0104 e. The molecule has 0 fully saturated rings. The first-order valence-corrected chi connectivity index (χ1v) is 6.37. The minimum absolute atomic E-state index is 0.312. The van der Waals surface area contributed by atoms with Crippen molar-refractivity contribution < 1.29 is 0 Å². The van der Waals surface area contributed by atoms with Crippen LogP contribution >= 0.6 is 0 Å². The van der Waals surface area contributed by atoms with Crippen LogP contribution in [0.25, 0.3) is 0 Å². The summed E-state index contributed by atoms with van der Waals surface area (Å²) in [4.78, 5) is 0.